The second-order valence-electron chi connectivity index (χ2n) is 1.36. The van der Waals surface area contributed by atoms with E-state index in [0.29, 0.717) is 13.1 Å². The second-order valence-corrected chi connectivity index (χ2v) is 2.36. The molecule has 0 aliphatic rings. The van der Waals surface area contributed by atoms with Crippen molar-refractivity contribution in [2.75, 3.05) is 26.3 Å². The molecule has 0 bridgehead atoms. The van der Waals surface area contributed by atoms with Crippen LogP contribution in [-0.4, -0.2) is 40.4 Å². The van der Waals surface area contributed by atoms with E-state index in [1.807, 2.05) is 0 Å². The van der Waals surface area contributed by atoms with Crippen LogP contribution in [0.5, 0.6) is 0 Å². The van der Waals surface area contributed by atoms with Crippen molar-refractivity contribution in [3.8, 4) is 0 Å². The smallest absolute Gasteiger partial charge is 0.0567 e. The van der Waals surface area contributed by atoms with E-state index in [0.717, 1.165) is 0 Å². The van der Waals surface area contributed by atoms with E-state index >= 15 is 0 Å². The van der Waals surface area contributed by atoms with Gasteiger partial charge in [0, 0.05) is 29.2 Å². The number of hydrogen-bond donors (Lipinski definition) is 2. The molecule has 0 heterocycles. The highest BCUT2D eigenvalue weighted by Gasteiger charge is 1.94. The molecule has 4 heteroatoms. The third-order valence-electron chi connectivity index (χ3n) is 0.685. The molecule has 0 saturated carbocycles. The van der Waals surface area contributed by atoms with Crippen molar-refractivity contribution >= 4 is 16.1 Å². The van der Waals surface area contributed by atoms with Crippen molar-refractivity contribution in [3.63, 3.8) is 0 Å². The van der Waals surface area contributed by atoms with Crippen LogP contribution in [0.2, 0.25) is 0 Å². The summed E-state index contributed by atoms with van der Waals surface area (Å²) in [5, 5.41) is 16.6. The minimum absolute atomic E-state index is 0.116. The lowest BCUT2D eigenvalue weighted by Gasteiger charge is -2.08. The monoisotopic (exact) mass is 183 g/mol. The zero-order valence-electron chi connectivity index (χ0n) is 4.55. The molecule has 0 aromatic rings. The highest BCUT2D eigenvalue weighted by molar-refractivity contribution is 9.07. The average Bonchev–Trinajstić information content (AvgIpc) is 1.68. The first-order valence-electron chi connectivity index (χ1n) is 2.43. The first kappa shape index (κ1) is 8.36. The zero-order valence-corrected chi connectivity index (χ0v) is 6.13. The fourth-order valence-electron chi connectivity index (χ4n) is 0.329. The molecule has 0 spiro atoms. The van der Waals surface area contributed by atoms with Crippen LogP contribution < -0.4 is 0 Å². The van der Waals surface area contributed by atoms with Gasteiger partial charge >= 0.3 is 0 Å². The summed E-state index contributed by atoms with van der Waals surface area (Å²) in [7, 11) is 0. The summed E-state index contributed by atoms with van der Waals surface area (Å²) in [6.07, 6.45) is 0. The van der Waals surface area contributed by atoms with Crippen LogP contribution in [0.15, 0.2) is 0 Å². The predicted octanol–water partition coefficient (Wildman–Crippen LogP) is -0.417. The quantitative estimate of drug-likeness (QED) is 0.583. The maximum atomic E-state index is 8.31. The highest BCUT2D eigenvalue weighted by Crippen LogP contribution is 1.92. The van der Waals surface area contributed by atoms with Gasteiger partial charge in [0.1, 0.15) is 0 Å². The van der Waals surface area contributed by atoms with Crippen LogP contribution in [0, 0.1) is 0 Å². The van der Waals surface area contributed by atoms with Gasteiger partial charge in [0.05, 0.1) is 13.2 Å². The predicted molar refractivity (Wildman–Crippen MR) is 34.7 cm³/mol. The molecule has 3 nitrogen and oxygen atoms in total. The average molecular weight is 184 g/mol. The Morgan fingerprint density at radius 3 is 1.75 bits per heavy atom. The maximum absolute atomic E-state index is 8.31. The Kier molecular flexibility index (Phi) is 5.74. The summed E-state index contributed by atoms with van der Waals surface area (Å²) < 4.78 is 1.67. The standard InChI is InChI=1S/C4H10BrNO2/c5-6(1-3-7)2-4-8/h7-8H,1-4H2. The molecule has 2 N–H and O–H groups in total. The number of halogens is 1. The summed E-state index contributed by atoms with van der Waals surface area (Å²) >= 11 is 3.11. The van der Waals surface area contributed by atoms with Gasteiger partial charge in [-0.15, -0.1) is 0 Å². The van der Waals surface area contributed by atoms with Crippen molar-refractivity contribution in [1.82, 2.24) is 3.93 Å². The largest absolute Gasteiger partial charge is 0.395 e. The van der Waals surface area contributed by atoms with E-state index in [-0.39, 0.29) is 13.2 Å². The van der Waals surface area contributed by atoms with Crippen LogP contribution in [0.25, 0.3) is 0 Å². The number of rotatable bonds is 4. The van der Waals surface area contributed by atoms with Crippen LogP contribution in [0.3, 0.4) is 0 Å². The number of hydrogen-bond acceptors (Lipinski definition) is 3. The van der Waals surface area contributed by atoms with E-state index < -0.39 is 0 Å². The molecule has 50 valence electrons. The topological polar surface area (TPSA) is 43.7 Å². The third-order valence-corrected chi connectivity index (χ3v) is 1.39. The Balaban J connectivity index is 2.92. The van der Waals surface area contributed by atoms with Gasteiger partial charge in [-0.3, -0.25) is 0 Å². The Bertz CT molecular complexity index is 47.3. The number of nitrogens with zero attached hydrogens (tertiary/aromatic N) is 1. The van der Waals surface area contributed by atoms with Gasteiger partial charge < -0.3 is 10.2 Å². The first-order chi connectivity index (χ1) is 3.81. The summed E-state index contributed by atoms with van der Waals surface area (Å²) in [6.45, 7) is 1.34. The van der Waals surface area contributed by atoms with Crippen molar-refractivity contribution in [2.45, 2.75) is 0 Å². The van der Waals surface area contributed by atoms with Gasteiger partial charge in [-0.1, -0.05) is 0 Å². The molecule has 0 saturated heterocycles. The Hall–Kier alpha value is 0.360. The summed E-state index contributed by atoms with van der Waals surface area (Å²) in [5.41, 5.74) is 0. The highest BCUT2D eigenvalue weighted by atomic mass is 79.9. The van der Waals surface area contributed by atoms with E-state index in [4.69, 9.17) is 10.2 Å². The van der Waals surface area contributed by atoms with Gasteiger partial charge in [-0.05, 0) is 0 Å². The molecule has 0 aliphatic carbocycles. The van der Waals surface area contributed by atoms with Crippen molar-refractivity contribution in [3.05, 3.63) is 0 Å². The fraction of sp³-hybridized carbons (Fsp3) is 1.00. The lowest BCUT2D eigenvalue weighted by Crippen LogP contribution is -2.19. The minimum Gasteiger partial charge on any atom is -0.395 e. The molecule has 0 unspecified atom stereocenters. The molecule has 0 fully saturated rings. The molecule has 0 rings (SSSR count). The molecule has 8 heavy (non-hydrogen) atoms. The third kappa shape index (κ3) is 4.52. The molecule has 0 aromatic carbocycles. The first-order valence-corrected chi connectivity index (χ1v) is 3.14. The Morgan fingerprint density at radius 2 is 1.50 bits per heavy atom. The lowest BCUT2D eigenvalue weighted by molar-refractivity contribution is 0.230. The molecular weight excluding hydrogens is 174 g/mol. The normalized spacial score (nSPS) is 10.5. The van der Waals surface area contributed by atoms with E-state index in [9.17, 15) is 0 Å². The number of aliphatic hydroxyl groups is 2. The molecule has 0 radical (unpaired) electrons. The van der Waals surface area contributed by atoms with Crippen LogP contribution in [0.1, 0.15) is 0 Å². The van der Waals surface area contributed by atoms with Gasteiger partial charge in [-0.25, -0.2) is 3.93 Å². The van der Waals surface area contributed by atoms with E-state index in [1.165, 1.54) is 0 Å². The second kappa shape index (κ2) is 5.50. The van der Waals surface area contributed by atoms with E-state index in [1.54, 1.807) is 3.93 Å². The SMILES string of the molecule is OCCN(Br)CCO. The van der Waals surface area contributed by atoms with Gasteiger partial charge in [0.25, 0.3) is 0 Å². The molecule has 0 aliphatic heterocycles. The zero-order chi connectivity index (χ0) is 6.41. The Labute approximate surface area is 57.3 Å². The summed E-state index contributed by atoms with van der Waals surface area (Å²) in [5.74, 6) is 0. The lowest BCUT2D eigenvalue weighted by atomic mass is 10.6. The van der Waals surface area contributed by atoms with Gasteiger partial charge in [0.2, 0.25) is 0 Å². The van der Waals surface area contributed by atoms with Crippen molar-refractivity contribution in [1.29, 1.82) is 0 Å². The molecule has 0 atom stereocenters. The van der Waals surface area contributed by atoms with Crippen LogP contribution in [-0.2, 0) is 0 Å². The molecule has 0 aromatic heterocycles. The number of aliphatic hydroxyl groups excluding tert-OH is 2. The Morgan fingerprint density at radius 1 is 1.12 bits per heavy atom. The van der Waals surface area contributed by atoms with Crippen LogP contribution >= 0.6 is 16.1 Å². The van der Waals surface area contributed by atoms with Crippen molar-refractivity contribution < 1.29 is 10.2 Å². The van der Waals surface area contributed by atoms with Crippen molar-refractivity contribution in [2.24, 2.45) is 0 Å². The van der Waals surface area contributed by atoms with Gasteiger partial charge in [-0.2, -0.15) is 0 Å². The fourth-order valence-corrected chi connectivity index (χ4v) is 0.646. The summed E-state index contributed by atoms with van der Waals surface area (Å²) in [6, 6.07) is 0. The van der Waals surface area contributed by atoms with Gasteiger partial charge in [0.15, 0.2) is 0 Å². The van der Waals surface area contributed by atoms with E-state index in [2.05, 4.69) is 16.1 Å². The molecular formula is C4H10BrNO2. The molecule has 0 amide bonds. The summed E-state index contributed by atoms with van der Waals surface area (Å²) in [4.78, 5) is 0. The maximum Gasteiger partial charge on any atom is 0.0567 e. The van der Waals surface area contributed by atoms with Crippen LogP contribution in [0.4, 0.5) is 0 Å². The minimum atomic E-state index is 0.116.